The highest BCUT2D eigenvalue weighted by atomic mass is 35.5. The first-order valence-corrected chi connectivity index (χ1v) is 7.52. The quantitative estimate of drug-likeness (QED) is 0.880. The van der Waals surface area contributed by atoms with Gasteiger partial charge in [0.15, 0.2) is 0 Å². The number of rotatable bonds is 6. The van der Waals surface area contributed by atoms with Gasteiger partial charge in [-0.2, -0.15) is 5.10 Å². The minimum Gasteiger partial charge on any atom is -0.388 e. The van der Waals surface area contributed by atoms with Gasteiger partial charge in [0.05, 0.1) is 22.5 Å². The minimum absolute atomic E-state index is 0.461. The van der Waals surface area contributed by atoms with Crippen molar-refractivity contribution >= 4 is 11.6 Å². The van der Waals surface area contributed by atoms with Crippen LogP contribution in [0.2, 0.25) is 5.02 Å². The van der Waals surface area contributed by atoms with Crippen LogP contribution in [0.1, 0.15) is 43.3 Å². The van der Waals surface area contributed by atoms with Crippen molar-refractivity contribution in [2.75, 3.05) is 0 Å². The highest BCUT2D eigenvalue weighted by molar-refractivity contribution is 6.31. The summed E-state index contributed by atoms with van der Waals surface area (Å²) in [5.41, 5.74) is 2.92. The van der Waals surface area contributed by atoms with Gasteiger partial charge in [0.1, 0.15) is 0 Å². The van der Waals surface area contributed by atoms with Crippen molar-refractivity contribution in [2.24, 2.45) is 0 Å². The Morgan fingerprint density at radius 1 is 1.25 bits per heavy atom. The third-order valence-corrected chi connectivity index (χ3v) is 3.97. The molecule has 2 aromatic rings. The third kappa shape index (κ3) is 3.22. The Morgan fingerprint density at radius 3 is 2.55 bits per heavy atom. The van der Waals surface area contributed by atoms with Crippen LogP contribution >= 0.6 is 11.6 Å². The summed E-state index contributed by atoms with van der Waals surface area (Å²) in [5, 5.41) is 15.5. The van der Waals surface area contributed by atoms with Crippen LogP contribution in [0, 0.1) is 0 Å². The molecule has 0 aliphatic heterocycles. The zero-order chi connectivity index (χ0) is 14.5. The largest absolute Gasteiger partial charge is 0.388 e. The van der Waals surface area contributed by atoms with Crippen molar-refractivity contribution in [3.8, 4) is 0 Å². The van der Waals surface area contributed by atoms with Crippen molar-refractivity contribution in [1.29, 1.82) is 0 Å². The maximum absolute atomic E-state index is 10.2. The first-order valence-electron chi connectivity index (χ1n) is 7.14. The van der Waals surface area contributed by atoms with Gasteiger partial charge in [0.2, 0.25) is 0 Å². The first kappa shape index (κ1) is 15.1. The van der Waals surface area contributed by atoms with Crippen LogP contribution in [-0.4, -0.2) is 14.9 Å². The Morgan fingerprint density at radius 2 is 1.95 bits per heavy atom. The molecular weight excluding hydrogens is 272 g/mol. The SMILES string of the molecule is CCc1nn(CC)c(CCC(O)c2ccccc2)c1Cl. The van der Waals surface area contributed by atoms with Gasteiger partial charge >= 0.3 is 0 Å². The summed E-state index contributed by atoms with van der Waals surface area (Å²) in [6, 6.07) is 9.72. The van der Waals surface area contributed by atoms with E-state index in [0.29, 0.717) is 6.42 Å². The number of aryl methyl sites for hydroxylation is 2. The van der Waals surface area contributed by atoms with Gasteiger partial charge in [-0.05, 0) is 31.7 Å². The predicted octanol–water partition coefficient (Wildman–Crippen LogP) is 3.79. The van der Waals surface area contributed by atoms with Crippen LogP contribution in [-0.2, 0) is 19.4 Å². The highest BCUT2D eigenvalue weighted by Crippen LogP contribution is 2.25. The summed E-state index contributed by atoms with van der Waals surface area (Å²) < 4.78 is 1.94. The summed E-state index contributed by atoms with van der Waals surface area (Å²) in [6.07, 6.45) is 1.76. The molecule has 1 N–H and O–H groups in total. The summed E-state index contributed by atoms with van der Waals surface area (Å²) in [7, 11) is 0. The Bertz CT molecular complexity index is 551. The lowest BCUT2D eigenvalue weighted by Crippen LogP contribution is -2.06. The van der Waals surface area contributed by atoms with E-state index in [1.54, 1.807) is 0 Å². The van der Waals surface area contributed by atoms with Crippen molar-refractivity contribution < 1.29 is 5.11 Å². The lowest BCUT2D eigenvalue weighted by Gasteiger charge is -2.11. The molecule has 0 aliphatic carbocycles. The molecule has 0 aliphatic rings. The van der Waals surface area contributed by atoms with E-state index >= 15 is 0 Å². The topological polar surface area (TPSA) is 38.0 Å². The Hall–Kier alpha value is -1.32. The van der Waals surface area contributed by atoms with Gasteiger partial charge in [0, 0.05) is 6.54 Å². The second kappa shape index (κ2) is 6.91. The smallest absolute Gasteiger partial charge is 0.0849 e. The molecule has 0 spiro atoms. The zero-order valence-electron chi connectivity index (χ0n) is 12.0. The van der Waals surface area contributed by atoms with E-state index in [4.69, 9.17) is 11.6 Å². The second-order valence-electron chi connectivity index (χ2n) is 4.84. The maximum Gasteiger partial charge on any atom is 0.0849 e. The molecule has 0 radical (unpaired) electrons. The van der Waals surface area contributed by atoms with E-state index in [2.05, 4.69) is 18.9 Å². The number of aliphatic hydroxyl groups is 1. The molecule has 20 heavy (non-hydrogen) atoms. The van der Waals surface area contributed by atoms with E-state index < -0.39 is 6.10 Å². The number of hydrogen-bond acceptors (Lipinski definition) is 2. The van der Waals surface area contributed by atoms with Crippen molar-refractivity contribution in [3.63, 3.8) is 0 Å². The summed E-state index contributed by atoms with van der Waals surface area (Å²) >= 11 is 6.37. The third-order valence-electron chi connectivity index (χ3n) is 3.53. The van der Waals surface area contributed by atoms with Gasteiger partial charge in [0.25, 0.3) is 0 Å². The van der Waals surface area contributed by atoms with Gasteiger partial charge in [-0.3, -0.25) is 4.68 Å². The van der Waals surface area contributed by atoms with Crippen molar-refractivity contribution in [1.82, 2.24) is 9.78 Å². The number of halogens is 1. The normalized spacial score (nSPS) is 12.6. The number of hydrogen-bond donors (Lipinski definition) is 1. The Balaban J connectivity index is 2.09. The lowest BCUT2D eigenvalue weighted by molar-refractivity contribution is 0.167. The molecule has 0 fully saturated rings. The molecule has 2 rings (SSSR count). The summed E-state index contributed by atoms with van der Waals surface area (Å²) in [5.74, 6) is 0. The molecule has 0 bridgehead atoms. The predicted molar refractivity (Wildman–Crippen MR) is 82.0 cm³/mol. The standard InChI is InChI=1S/C16H21ClN2O/c1-3-13-16(17)14(19(4-2)18-13)10-11-15(20)12-8-6-5-7-9-12/h5-9,15,20H,3-4,10-11H2,1-2H3. The van der Waals surface area contributed by atoms with Gasteiger partial charge in [-0.25, -0.2) is 0 Å². The average molecular weight is 293 g/mol. The monoisotopic (exact) mass is 292 g/mol. The van der Waals surface area contributed by atoms with Crippen LogP contribution < -0.4 is 0 Å². The van der Waals surface area contributed by atoms with Crippen LogP contribution in [0.15, 0.2) is 30.3 Å². The minimum atomic E-state index is -0.461. The van der Waals surface area contributed by atoms with Crippen LogP contribution in [0.3, 0.4) is 0 Å². The molecule has 1 heterocycles. The van der Waals surface area contributed by atoms with Crippen molar-refractivity contribution in [3.05, 3.63) is 52.3 Å². The lowest BCUT2D eigenvalue weighted by atomic mass is 10.0. The second-order valence-corrected chi connectivity index (χ2v) is 5.22. The highest BCUT2D eigenvalue weighted by Gasteiger charge is 2.16. The molecule has 108 valence electrons. The molecular formula is C16H21ClN2O. The van der Waals surface area contributed by atoms with E-state index in [9.17, 15) is 5.11 Å². The number of aromatic nitrogens is 2. The van der Waals surface area contributed by atoms with Crippen LogP contribution in [0.25, 0.3) is 0 Å². The Kier molecular flexibility index (Phi) is 5.21. The van der Waals surface area contributed by atoms with Gasteiger partial charge in [-0.15, -0.1) is 0 Å². The van der Waals surface area contributed by atoms with E-state index in [-0.39, 0.29) is 0 Å². The van der Waals surface area contributed by atoms with Crippen LogP contribution in [0.5, 0.6) is 0 Å². The number of aliphatic hydroxyl groups excluding tert-OH is 1. The fraction of sp³-hybridized carbons (Fsp3) is 0.438. The summed E-state index contributed by atoms with van der Waals surface area (Å²) in [6.45, 7) is 4.91. The molecule has 0 saturated carbocycles. The zero-order valence-corrected chi connectivity index (χ0v) is 12.8. The molecule has 1 aromatic carbocycles. The summed E-state index contributed by atoms with van der Waals surface area (Å²) in [4.78, 5) is 0. The fourth-order valence-electron chi connectivity index (χ4n) is 2.37. The fourth-order valence-corrected chi connectivity index (χ4v) is 2.73. The molecule has 1 aromatic heterocycles. The van der Waals surface area contributed by atoms with Crippen molar-refractivity contribution in [2.45, 2.75) is 45.8 Å². The van der Waals surface area contributed by atoms with Gasteiger partial charge < -0.3 is 5.11 Å². The number of benzene rings is 1. The average Bonchev–Trinajstić information content (AvgIpc) is 2.81. The van der Waals surface area contributed by atoms with E-state index in [0.717, 1.165) is 41.4 Å². The van der Waals surface area contributed by atoms with E-state index in [1.807, 2.05) is 35.0 Å². The Labute approximate surface area is 125 Å². The molecule has 0 saturated heterocycles. The number of nitrogens with zero attached hydrogens (tertiary/aromatic N) is 2. The molecule has 1 atom stereocenters. The maximum atomic E-state index is 10.2. The molecule has 1 unspecified atom stereocenters. The first-order chi connectivity index (χ1) is 9.67. The molecule has 4 heteroatoms. The molecule has 0 amide bonds. The van der Waals surface area contributed by atoms with Crippen LogP contribution in [0.4, 0.5) is 0 Å². The molecule has 3 nitrogen and oxygen atoms in total. The van der Waals surface area contributed by atoms with Gasteiger partial charge in [-0.1, -0.05) is 48.9 Å². The van der Waals surface area contributed by atoms with E-state index in [1.165, 1.54) is 0 Å².